The van der Waals surface area contributed by atoms with Gasteiger partial charge < -0.3 is 10.7 Å². The van der Waals surface area contributed by atoms with E-state index < -0.39 is 0 Å². The number of aromatic nitrogens is 3. The van der Waals surface area contributed by atoms with Crippen molar-refractivity contribution in [1.29, 1.82) is 0 Å². The minimum absolute atomic E-state index is 0.148. The van der Waals surface area contributed by atoms with Crippen LogP contribution in [0.15, 0.2) is 22.7 Å². The van der Waals surface area contributed by atoms with Gasteiger partial charge in [0.25, 0.3) is 0 Å². The van der Waals surface area contributed by atoms with E-state index in [1.165, 1.54) is 22.9 Å². The highest BCUT2D eigenvalue weighted by molar-refractivity contribution is 7.99. The summed E-state index contributed by atoms with van der Waals surface area (Å²) in [5.41, 5.74) is 0. The number of hydrogen-bond donors (Lipinski definition) is 1. The quantitative estimate of drug-likeness (QED) is 0.677. The Bertz CT molecular complexity index is 659. The van der Waals surface area contributed by atoms with Crippen molar-refractivity contribution in [3.8, 4) is 10.7 Å². The van der Waals surface area contributed by atoms with Gasteiger partial charge in [-0.2, -0.15) is 0 Å². The number of nitrogen functional groups attached to an aromatic ring is 1. The molecule has 1 fully saturated rings. The third-order valence-electron chi connectivity index (χ3n) is 4.21. The normalized spacial score (nSPS) is 21.6. The average molecular weight is 352 g/mol. The Labute approximate surface area is 144 Å². The molecule has 2 atom stereocenters. The van der Waals surface area contributed by atoms with E-state index >= 15 is 0 Å². The third kappa shape index (κ3) is 3.37. The van der Waals surface area contributed by atoms with Gasteiger partial charge in [0.1, 0.15) is 0 Å². The van der Waals surface area contributed by atoms with Crippen LogP contribution >= 0.6 is 23.1 Å². The molecule has 3 rings (SSSR count). The van der Waals surface area contributed by atoms with Gasteiger partial charge in [-0.1, -0.05) is 17.8 Å². The maximum Gasteiger partial charge on any atom is 0.233 e. The summed E-state index contributed by atoms with van der Waals surface area (Å²) in [4.78, 5) is 15.5. The van der Waals surface area contributed by atoms with E-state index in [0.29, 0.717) is 28.8 Å². The molecule has 124 valence electrons. The van der Waals surface area contributed by atoms with Crippen molar-refractivity contribution in [2.45, 2.75) is 50.4 Å². The van der Waals surface area contributed by atoms with Crippen LogP contribution < -0.4 is 5.84 Å². The molecule has 1 saturated heterocycles. The molecule has 1 aliphatic rings. The van der Waals surface area contributed by atoms with E-state index in [9.17, 15) is 4.79 Å². The van der Waals surface area contributed by atoms with E-state index in [-0.39, 0.29) is 5.91 Å². The van der Waals surface area contributed by atoms with Crippen molar-refractivity contribution >= 4 is 29.0 Å². The zero-order valence-electron chi connectivity index (χ0n) is 13.3. The highest BCUT2D eigenvalue weighted by Gasteiger charge is 2.29. The van der Waals surface area contributed by atoms with Crippen LogP contribution in [-0.4, -0.2) is 43.5 Å². The number of carbonyl (C=O) groups is 1. The van der Waals surface area contributed by atoms with Crippen molar-refractivity contribution in [2.24, 2.45) is 0 Å². The number of thiophene rings is 1. The number of nitrogens with two attached hydrogens (primary N) is 1. The van der Waals surface area contributed by atoms with Gasteiger partial charge in [-0.25, -0.2) is 4.68 Å². The molecule has 0 spiro atoms. The van der Waals surface area contributed by atoms with Crippen LogP contribution in [0.5, 0.6) is 0 Å². The Hall–Kier alpha value is -1.54. The van der Waals surface area contributed by atoms with E-state index in [1.54, 1.807) is 11.3 Å². The first kappa shape index (κ1) is 16.3. The summed E-state index contributed by atoms with van der Waals surface area (Å²) in [6, 6.07) is 4.52. The Balaban J connectivity index is 1.65. The lowest BCUT2D eigenvalue weighted by atomic mass is 9.98. The van der Waals surface area contributed by atoms with Gasteiger partial charge in [0.2, 0.25) is 11.1 Å². The SMILES string of the molecule is CC1CCCC(C)N1C(=O)CSc1nnc(-c2cccs2)n1N. The maximum atomic E-state index is 12.5. The third-order valence-corrected chi connectivity index (χ3v) is 6.01. The Morgan fingerprint density at radius 1 is 1.39 bits per heavy atom. The van der Waals surface area contributed by atoms with Crippen molar-refractivity contribution in [3.63, 3.8) is 0 Å². The van der Waals surface area contributed by atoms with Gasteiger partial charge in [-0.3, -0.25) is 4.79 Å². The molecule has 2 unspecified atom stereocenters. The lowest BCUT2D eigenvalue weighted by Crippen LogP contribution is -2.48. The van der Waals surface area contributed by atoms with Crippen LogP contribution in [0.2, 0.25) is 0 Å². The fourth-order valence-electron chi connectivity index (χ4n) is 3.06. The lowest BCUT2D eigenvalue weighted by molar-refractivity contribution is -0.134. The summed E-state index contributed by atoms with van der Waals surface area (Å²) in [6.45, 7) is 4.25. The summed E-state index contributed by atoms with van der Waals surface area (Å²) in [7, 11) is 0. The summed E-state index contributed by atoms with van der Waals surface area (Å²) in [5, 5.41) is 10.8. The first-order valence-corrected chi connectivity index (χ1v) is 9.62. The molecule has 2 aromatic heterocycles. The molecule has 2 N–H and O–H groups in total. The smallest absolute Gasteiger partial charge is 0.233 e. The Kier molecular flexibility index (Phi) is 4.91. The van der Waals surface area contributed by atoms with Crippen molar-refractivity contribution in [3.05, 3.63) is 17.5 Å². The molecular weight excluding hydrogens is 330 g/mol. The van der Waals surface area contributed by atoms with Gasteiger partial charge in [0.05, 0.1) is 10.6 Å². The molecule has 0 bridgehead atoms. The standard InChI is InChI=1S/C15H21N5OS2/c1-10-5-3-6-11(2)19(10)13(21)9-23-15-18-17-14(20(15)16)12-7-4-8-22-12/h4,7-8,10-11H,3,5-6,9,16H2,1-2H3. The molecule has 0 saturated carbocycles. The largest absolute Gasteiger partial charge is 0.337 e. The monoisotopic (exact) mass is 351 g/mol. The Morgan fingerprint density at radius 3 is 2.78 bits per heavy atom. The molecular formula is C15H21N5OS2. The van der Waals surface area contributed by atoms with Crippen molar-refractivity contribution < 1.29 is 4.79 Å². The van der Waals surface area contributed by atoms with Crippen molar-refractivity contribution in [2.75, 3.05) is 11.6 Å². The maximum absolute atomic E-state index is 12.5. The summed E-state index contributed by atoms with van der Waals surface area (Å²) < 4.78 is 1.47. The number of carbonyl (C=O) groups excluding carboxylic acids is 1. The average Bonchev–Trinajstić information content (AvgIpc) is 3.14. The first-order chi connectivity index (χ1) is 11.1. The van der Waals surface area contributed by atoms with E-state index in [0.717, 1.165) is 17.7 Å². The number of likely N-dealkylation sites (tertiary alicyclic amines) is 1. The van der Waals surface area contributed by atoms with Crippen LogP contribution in [0.25, 0.3) is 10.7 Å². The summed E-state index contributed by atoms with van der Waals surface area (Å²) >= 11 is 2.91. The number of rotatable bonds is 4. The molecule has 3 heterocycles. The topological polar surface area (TPSA) is 77.0 Å². The number of thioether (sulfide) groups is 1. The molecule has 0 aliphatic carbocycles. The van der Waals surface area contributed by atoms with E-state index in [1.807, 2.05) is 22.4 Å². The lowest BCUT2D eigenvalue weighted by Gasteiger charge is -2.39. The molecule has 1 aliphatic heterocycles. The van der Waals surface area contributed by atoms with Gasteiger partial charge in [-0.15, -0.1) is 21.5 Å². The summed E-state index contributed by atoms with van der Waals surface area (Å²) in [5.74, 6) is 7.19. The molecule has 8 heteroatoms. The van der Waals surface area contributed by atoms with E-state index in [4.69, 9.17) is 5.84 Å². The number of piperidine rings is 1. The van der Waals surface area contributed by atoms with Crippen LogP contribution in [0.3, 0.4) is 0 Å². The number of hydrogen-bond acceptors (Lipinski definition) is 6. The molecule has 0 aromatic carbocycles. The molecule has 23 heavy (non-hydrogen) atoms. The second-order valence-corrected chi connectivity index (χ2v) is 7.76. The predicted molar refractivity (Wildman–Crippen MR) is 93.8 cm³/mol. The van der Waals surface area contributed by atoms with Gasteiger partial charge in [-0.05, 0) is 44.6 Å². The fraction of sp³-hybridized carbons (Fsp3) is 0.533. The zero-order chi connectivity index (χ0) is 16.4. The van der Waals surface area contributed by atoms with Crippen LogP contribution in [0, 0.1) is 0 Å². The Morgan fingerprint density at radius 2 is 2.13 bits per heavy atom. The molecule has 1 amide bonds. The molecule has 0 radical (unpaired) electrons. The predicted octanol–water partition coefficient (Wildman–Crippen LogP) is 2.60. The number of nitrogens with zero attached hydrogens (tertiary/aromatic N) is 4. The van der Waals surface area contributed by atoms with Gasteiger partial charge >= 0.3 is 0 Å². The highest BCUT2D eigenvalue weighted by atomic mass is 32.2. The van der Waals surface area contributed by atoms with Crippen LogP contribution in [0.1, 0.15) is 33.1 Å². The zero-order valence-corrected chi connectivity index (χ0v) is 14.9. The summed E-state index contributed by atoms with van der Waals surface area (Å²) in [6.07, 6.45) is 3.35. The van der Waals surface area contributed by atoms with Gasteiger partial charge in [0.15, 0.2) is 5.82 Å². The van der Waals surface area contributed by atoms with Crippen LogP contribution in [0.4, 0.5) is 0 Å². The minimum Gasteiger partial charge on any atom is -0.337 e. The van der Waals surface area contributed by atoms with Crippen LogP contribution in [-0.2, 0) is 4.79 Å². The highest BCUT2D eigenvalue weighted by Crippen LogP contribution is 2.27. The molecule has 2 aromatic rings. The van der Waals surface area contributed by atoms with Crippen molar-refractivity contribution in [1.82, 2.24) is 19.8 Å². The number of amides is 1. The fourth-order valence-corrected chi connectivity index (χ4v) is 4.49. The second kappa shape index (κ2) is 6.92. The second-order valence-electron chi connectivity index (χ2n) is 5.87. The minimum atomic E-state index is 0.148. The first-order valence-electron chi connectivity index (χ1n) is 7.76. The van der Waals surface area contributed by atoms with Gasteiger partial charge in [0, 0.05) is 12.1 Å². The molecule has 6 nitrogen and oxygen atoms in total. The van der Waals surface area contributed by atoms with E-state index in [2.05, 4.69) is 24.0 Å².